The Bertz CT molecular complexity index is 1430. The van der Waals surface area contributed by atoms with Crippen LogP contribution in [0, 0.1) is 0 Å². The van der Waals surface area contributed by atoms with Gasteiger partial charge in [0, 0.05) is 29.8 Å². The van der Waals surface area contributed by atoms with Crippen molar-refractivity contribution >= 4 is 23.4 Å². The quantitative estimate of drug-likeness (QED) is 0.217. The van der Waals surface area contributed by atoms with Crippen molar-refractivity contribution in [2.24, 2.45) is 0 Å². The van der Waals surface area contributed by atoms with Crippen LogP contribution < -0.4 is 20.7 Å². The van der Waals surface area contributed by atoms with Crippen LogP contribution in [0.2, 0.25) is 0 Å². The van der Waals surface area contributed by atoms with Crippen molar-refractivity contribution in [3.05, 3.63) is 97.3 Å². The second-order valence-electron chi connectivity index (χ2n) is 8.07. The SMILES string of the molecule is C=CC(C)Nc1nccc(-c2cccnc2Oc2ccc(NC(=O)Nc3cccc(C(F)(F)F)c3)cc2)n1. The van der Waals surface area contributed by atoms with E-state index in [1.165, 1.54) is 12.1 Å². The molecular formula is C27H23F3N6O2. The standard InChI is InChI=1S/C27H23F3N6O2/c1-3-17(2)33-25-32-15-13-23(36-25)22-8-5-14-31-24(22)38-21-11-9-19(10-12-21)34-26(37)35-20-7-4-6-18(16-20)27(28,29)30/h3-17H,1H2,2H3,(H,32,33,36)(H2,34,35,37). The minimum atomic E-state index is -4.51. The first-order chi connectivity index (χ1) is 18.2. The third-order valence-corrected chi connectivity index (χ3v) is 5.19. The van der Waals surface area contributed by atoms with Crippen molar-refractivity contribution in [3.63, 3.8) is 0 Å². The molecule has 0 aliphatic rings. The molecule has 0 radical (unpaired) electrons. The van der Waals surface area contributed by atoms with Gasteiger partial charge in [-0.2, -0.15) is 13.2 Å². The number of nitrogens with one attached hydrogen (secondary N) is 3. The van der Waals surface area contributed by atoms with E-state index in [2.05, 4.69) is 37.5 Å². The number of pyridine rings is 1. The van der Waals surface area contributed by atoms with Crippen LogP contribution in [0.5, 0.6) is 11.6 Å². The van der Waals surface area contributed by atoms with Gasteiger partial charge in [0.05, 0.1) is 16.8 Å². The molecule has 2 aromatic carbocycles. The average molecular weight is 521 g/mol. The summed E-state index contributed by atoms with van der Waals surface area (Å²) in [6.07, 6.45) is 0.450. The number of urea groups is 1. The first kappa shape index (κ1) is 26.1. The maximum Gasteiger partial charge on any atom is 0.416 e. The summed E-state index contributed by atoms with van der Waals surface area (Å²) >= 11 is 0. The number of aromatic nitrogens is 3. The minimum Gasteiger partial charge on any atom is -0.438 e. The molecule has 8 nitrogen and oxygen atoms in total. The molecule has 1 unspecified atom stereocenters. The van der Waals surface area contributed by atoms with Gasteiger partial charge in [-0.05, 0) is 67.6 Å². The first-order valence-electron chi connectivity index (χ1n) is 11.4. The number of ether oxygens (including phenoxy) is 1. The molecular weight excluding hydrogens is 497 g/mol. The van der Waals surface area contributed by atoms with Crippen molar-refractivity contribution in [1.82, 2.24) is 15.0 Å². The molecule has 0 aliphatic carbocycles. The van der Waals surface area contributed by atoms with Crippen LogP contribution in [0.4, 0.5) is 35.3 Å². The Morgan fingerprint density at radius 1 is 0.974 bits per heavy atom. The van der Waals surface area contributed by atoms with Gasteiger partial charge < -0.3 is 20.7 Å². The van der Waals surface area contributed by atoms with Crippen LogP contribution in [0.1, 0.15) is 12.5 Å². The van der Waals surface area contributed by atoms with Gasteiger partial charge in [-0.3, -0.25) is 0 Å². The molecule has 38 heavy (non-hydrogen) atoms. The van der Waals surface area contributed by atoms with Crippen molar-refractivity contribution < 1.29 is 22.7 Å². The number of hydrogen-bond donors (Lipinski definition) is 3. The summed E-state index contributed by atoms with van der Waals surface area (Å²) in [5, 5.41) is 8.09. The molecule has 0 aliphatic heterocycles. The topological polar surface area (TPSA) is 101 Å². The fraction of sp³-hybridized carbons (Fsp3) is 0.111. The molecule has 3 N–H and O–H groups in total. The zero-order chi connectivity index (χ0) is 27.1. The lowest BCUT2D eigenvalue weighted by Crippen LogP contribution is -2.19. The third kappa shape index (κ3) is 6.84. The predicted octanol–water partition coefficient (Wildman–Crippen LogP) is 6.98. The number of alkyl halides is 3. The van der Waals surface area contributed by atoms with Crippen molar-refractivity contribution in [3.8, 4) is 22.9 Å². The van der Waals surface area contributed by atoms with Crippen LogP contribution in [-0.2, 0) is 6.18 Å². The zero-order valence-electron chi connectivity index (χ0n) is 20.2. The molecule has 4 aromatic rings. The maximum absolute atomic E-state index is 12.9. The van der Waals surface area contributed by atoms with Gasteiger partial charge in [0.15, 0.2) is 0 Å². The van der Waals surface area contributed by atoms with Crippen LogP contribution in [0.15, 0.2) is 91.8 Å². The number of halogens is 3. The highest BCUT2D eigenvalue weighted by molar-refractivity contribution is 5.99. The Morgan fingerprint density at radius 3 is 2.47 bits per heavy atom. The Balaban J connectivity index is 1.43. The Kier molecular flexibility index (Phi) is 7.86. The van der Waals surface area contributed by atoms with Gasteiger partial charge in [-0.15, -0.1) is 6.58 Å². The lowest BCUT2D eigenvalue weighted by Gasteiger charge is -2.13. The number of amides is 2. The van der Waals surface area contributed by atoms with E-state index >= 15 is 0 Å². The second kappa shape index (κ2) is 11.4. The molecule has 2 aromatic heterocycles. The number of benzene rings is 2. The van der Waals surface area contributed by atoms with E-state index in [4.69, 9.17) is 4.74 Å². The van der Waals surface area contributed by atoms with E-state index < -0.39 is 17.8 Å². The minimum absolute atomic E-state index is 0.0157. The molecule has 11 heteroatoms. The lowest BCUT2D eigenvalue weighted by molar-refractivity contribution is -0.137. The summed E-state index contributed by atoms with van der Waals surface area (Å²) in [5.74, 6) is 1.20. The number of hydrogen-bond acceptors (Lipinski definition) is 6. The van der Waals surface area contributed by atoms with Gasteiger partial charge in [-0.1, -0.05) is 12.1 Å². The van der Waals surface area contributed by atoms with Gasteiger partial charge in [0.25, 0.3) is 0 Å². The first-order valence-corrected chi connectivity index (χ1v) is 11.4. The molecule has 194 valence electrons. The maximum atomic E-state index is 12.9. The summed E-state index contributed by atoms with van der Waals surface area (Å²) in [7, 11) is 0. The van der Waals surface area contributed by atoms with E-state index in [9.17, 15) is 18.0 Å². The van der Waals surface area contributed by atoms with E-state index in [-0.39, 0.29) is 11.7 Å². The predicted molar refractivity (Wildman–Crippen MR) is 139 cm³/mol. The van der Waals surface area contributed by atoms with Crippen molar-refractivity contribution in [2.75, 3.05) is 16.0 Å². The van der Waals surface area contributed by atoms with E-state index in [0.717, 1.165) is 12.1 Å². The highest BCUT2D eigenvalue weighted by Crippen LogP contribution is 2.32. The van der Waals surface area contributed by atoms with E-state index in [0.29, 0.717) is 34.5 Å². The molecule has 0 fully saturated rings. The second-order valence-corrected chi connectivity index (χ2v) is 8.07. The van der Waals surface area contributed by atoms with E-state index in [1.807, 2.05) is 13.0 Å². The molecule has 2 amide bonds. The Morgan fingerprint density at radius 2 is 1.74 bits per heavy atom. The van der Waals surface area contributed by atoms with Crippen LogP contribution in [-0.4, -0.2) is 27.0 Å². The van der Waals surface area contributed by atoms with Crippen molar-refractivity contribution in [1.29, 1.82) is 0 Å². The molecule has 4 rings (SSSR count). The van der Waals surface area contributed by atoms with Gasteiger partial charge in [-0.25, -0.2) is 19.7 Å². The Labute approximate surface area is 216 Å². The molecule has 1 atom stereocenters. The van der Waals surface area contributed by atoms with Gasteiger partial charge in [0.1, 0.15) is 5.75 Å². The number of carbonyl (C=O) groups is 1. The monoisotopic (exact) mass is 520 g/mol. The summed E-state index contributed by atoms with van der Waals surface area (Å²) in [5.41, 5.74) is 0.817. The summed E-state index contributed by atoms with van der Waals surface area (Å²) in [6.45, 7) is 5.66. The van der Waals surface area contributed by atoms with Crippen LogP contribution >= 0.6 is 0 Å². The number of carbonyl (C=O) groups excluding carboxylic acids is 1. The molecule has 0 spiro atoms. The zero-order valence-corrected chi connectivity index (χ0v) is 20.2. The lowest BCUT2D eigenvalue weighted by atomic mass is 10.2. The summed E-state index contributed by atoms with van der Waals surface area (Å²) in [4.78, 5) is 25.3. The highest BCUT2D eigenvalue weighted by Gasteiger charge is 2.30. The molecule has 0 bridgehead atoms. The van der Waals surface area contributed by atoms with Crippen molar-refractivity contribution in [2.45, 2.75) is 19.1 Å². The van der Waals surface area contributed by atoms with Gasteiger partial charge in [0.2, 0.25) is 11.8 Å². The van der Waals surface area contributed by atoms with E-state index in [1.54, 1.807) is 54.9 Å². The summed E-state index contributed by atoms with van der Waals surface area (Å²) < 4.78 is 44.6. The fourth-order valence-electron chi connectivity index (χ4n) is 3.29. The Hall–Kier alpha value is -4.93. The molecule has 2 heterocycles. The highest BCUT2D eigenvalue weighted by atomic mass is 19.4. The molecule has 0 saturated carbocycles. The van der Waals surface area contributed by atoms with Crippen LogP contribution in [0.25, 0.3) is 11.3 Å². The number of anilines is 3. The number of nitrogens with zero attached hydrogens (tertiary/aromatic N) is 3. The molecule has 0 saturated heterocycles. The summed E-state index contributed by atoms with van der Waals surface area (Å²) in [6, 6.07) is 15.4. The smallest absolute Gasteiger partial charge is 0.416 e. The van der Waals surface area contributed by atoms with Crippen LogP contribution in [0.3, 0.4) is 0 Å². The normalized spacial score (nSPS) is 11.8. The number of rotatable bonds is 8. The fourth-order valence-corrected chi connectivity index (χ4v) is 3.29. The largest absolute Gasteiger partial charge is 0.438 e. The van der Waals surface area contributed by atoms with Gasteiger partial charge >= 0.3 is 12.2 Å². The third-order valence-electron chi connectivity index (χ3n) is 5.19. The average Bonchev–Trinajstić information content (AvgIpc) is 2.90.